The lowest BCUT2D eigenvalue weighted by Crippen LogP contribution is -2.39. The van der Waals surface area contributed by atoms with E-state index in [1.165, 1.54) is 22.3 Å². The van der Waals surface area contributed by atoms with Gasteiger partial charge in [0.25, 0.3) is 0 Å². The molecule has 1 fully saturated rings. The largest absolute Gasteiger partial charge is 0.324 e. The standard InChI is InChI=1S/C34H45N5O/c1-20(2)28-12-11-13-29(21(3)4)32(28)35-30(40)18-38-19-39(33-26(9)16-23(6)17-27(33)10)34(37-38)36-31-24(7)14-22(5)15-25(31)8/h11-17,20-21H,18-19H2,1-10H3,(H,35,40)(H,36,37). The van der Waals surface area contributed by atoms with Crippen LogP contribution < -0.4 is 15.6 Å². The number of aliphatic imine (C=N–C) groups is 1. The molecular weight excluding hydrogens is 494 g/mol. The molecule has 40 heavy (non-hydrogen) atoms. The fourth-order valence-electron chi connectivity index (χ4n) is 5.93. The molecule has 1 amide bonds. The van der Waals surface area contributed by atoms with Crippen molar-refractivity contribution in [2.75, 3.05) is 23.4 Å². The molecule has 0 radical (unpaired) electrons. The number of nitrogens with zero attached hydrogens (tertiary/aromatic N) is 3. The lowest BCUT2D eigenvalue weighted by atomic mass is 9.92. The topological polar surface area (TPSA) is 60.0 Å². The summed E-state index contributed by atoms with van der Waals surface area (Å²) in [6.45, 7) is 22.1. The van der Waals surface area contributed by atoms with E-state index in [4.69, 9.17) is 4.99 Å². The van der Waals surface area contributed by atoms with Gasteiger partial charge in [-0.25, -0.2) is 4.99 Å². The van der Waals surface area contributed by atoms with E-state index in [1.54, 1.807) is 0 Å². The minimum atomic E-state index is -0.0521. The number of rotatable bonds is 7. The Morgan fingerprint density at radius 2 is 1.35 bits per heavy atom. The fourth-order valence-corrected chi connectivity index (χ4v) is 5.93. The van der Waals surface area contributed by atoms with Gasteiger partial charge in [0, 0.05) is 5.69 Å². The van der Waals surface area contributed by atoms with Crippen LogP contribution >= 0.6 is 0 Å². The van der Waals surface area contributed by atoms with E-state index in [2.05, 4.69) is 127 Å². The molecule has 212 valence electrons. The highest BCUT2D eigenvalue weighted by Crippen LogP contribution is 2.33. The molecule has 3 aromatic carbocycles. The number of carbonyl (C=O) groups excluding carboxylic acids is 1. The van der Waals surface area contributed by atoms with E-state index in [0.717, 1.165) is 45.3 Å². The van der Waals surface area contributed by atoms with Crippen LogP contribution in [0.5, 0.6) is 0 Å². The molecule has 6 heteroatoms. The highest BCUT2D eigenvalue weighted by Gasteiger charge is 2.31. The first-order valence-corrected chi connectivity index (χ1v) is 14.3. The van der Waals surface area contributed by atoms with Crippen LogP contribution in [-0.4, -0.2) is 30.1 Å². The molecule has 3 aromatic rings. The summed E-state index contributed by atoms with van der Waals surface area (Å²) >= 11 is 0. The molecule has 1 saturated heterocycles. The average Bonchev–Trinajstić information content (AvgIpc) is 3.21. The summed E-state index contributed by atoms with van der Waals surface area (Å²) in [4.78, 5) is 20.8. The summed E-state index contributed by atoms with van der Waals surface area (Å²) in [5.41, 5.74) is 15.9. The number of amides is 1. The predicted molar refractivity (Wildman–Crippen MR) is 169 cm³/mol. The molecule has 0 bridgehead atoms. The quantitative estimate of drug-likeness (QED) is 0.323. The predicted octanol–water partition coefficient (Wildman–Crippen LogP) is 7.69. The van der Waals surface area contributed by atoms with E-state index in [9.17, 15) is 4.79 Å². The monoisotopic (exact) mass is 539 g/mol. The highest BCUT2D eigenvalue weighted by molar-refractivity contribution is 6.01. The number of hydrogen-bond donors (Lipinski definition) is 2. The number of para-hydroxylation sites is 1. The number of aryl methyl sites for hydroxylation is 6. The number of carbonyl (C=O) groups is 1. The van der Waals surface area contributed by atoms with Gasteiger partial charge < -0.3 is 5.32 Å². The van der Waals surface area contributed by atoms with Crippen molar-refractivity contribution in [2.24, 2.45) is 4.99 Å². The van der Waals surface area contributed by atoms with Crippen molar-refractivity contribution in [1.82, 2.24) is 10.4 Å². The van der Waals surface area contributed by atoms with Crippen molar-refractivity contribution in [3.05, 3.63) is 87.0 Å². The number of benzene rings is 3. The van der Waals surface area contributed by atoms with E-state index in [1.807, 2.05) is 5.01 Å². The van der Waals surface area contributed by atoms with E-state index >= 15 is 0 Å². The minimum Gasteiger partial charge on any atom is -0.324 e. The van der Waals surface area contributed by atoms with Crippen LogP contribution in [0.4, 0.5) is 17.1 Å². The summed E-state index contributed by atoms with van der Waals surface area (Å²) in [6, 6.07) is 15.0. The Morgan fingerprint density at radius 3 is 1.85 bits per heavy atom. The van der Waals surface area contributed by atoms with Crippen molar-refractivity contribution in [3.63, 3.8) is 0 Å². The zero-order chi connectivity index (χ0) is 29.3. The van der Waals surface area contributed by atoms with Crippen LogP contribution in [0.3, 0.4) is 0 Å². The summed E-state index contributed by atoms with van der Waals surface area (Å²) in [5.74, 6) is 1.29. The molecule has 2 N–H and O–H groups in total. The molecular formula is C34H45N5O. The molecule has 6 nitrogen and oxygen atoms in total. The Hall–Kier alpha value is -3.64. The van der Waals surface area contributed by atoms with Gasteiger partial charge in [-0.2, -0.15) is 5.01 Å². The van der Waals surface area contributed by atoms with Gasteiger partial charge >= 0.3 is 0 Å². The van der Waals surface area contributed by atoms with Crippen LogP contribution in [0.2, 0.25) is 0 Å². The molecule has 0 saturated carbocycles. The summed E-state index contributed by atoms with van der Waals surface area (Å²) in [6.07, 6.45) is 0. The molecule has 0 aliphatic carbocycles. The first kappa shape index (κ1) is 29.3. The Bertz CT molecular complexity index is 1380. The molecule has 0 aromatic heterocycles. The second-order valence-corrected chi connectivity index (χ2v) is 12.0. The average molecular weight is 540 g/mol. The molecule has 1 aliphatic heterocycles. The first-order chi connectivity index (χ1) is 18.8. The van der Waals surface area contributed by atoms with E-state index < -0.39 is 0 Å². The fraction of sp³-hybridized carbons (Fsp3) is 0.412. The third-order valence-corrected chi connectivity index (χ3v) is 7.56. The molecule has 0 spiro atoms. The summed E-state index contributed by atoms with van der Waals surface area (Å²) < 4.78 is 0. The van der Waals surface area contributed by atoms with Crippen LogP contribution in [0.1, 0.15) is 84.0 Å². The molecule has 4 rings (SSSR count). The third kappa shape index (κ3) is 6.23. The number of hydrogen-bond acceptors (Lipinski definition) is 3. The van der Waals surface area contributed by atoms with Gasteiger partial charge in [-0.15, -0.1) is 0 Å². The second kappa shape index (κ2) is 11.8. The molecule has 0 unspecified atom stereocenters. The van der Waals surface area contributed by atoms with Crippen molar-refractivity contribution in [1.29, 1.82) is 0 Å². The zero-order valence-electron chi connectivity index (χ0n) is 25.9. The van der Waals surface area contributed by atoms with Gasteiger partial charge in [-0.1, -0.05) is 81.3 Å². The van der Waals surface area contributed by atoms with Crippen LogP contribution in [-0.2, 0) is 4.79 Å². The maximum Gasteiger partial charge on any atom is 0.240 e. The lowest BCUT2D eigenvalue weighted by molar-refractivity contribution is -0.117. The minimum absolute atomic E-state index is 0.0521. The molecule has 0 atom stereocenters. The lowest BCUT2D eigenvalue weighted by Gasteiger charge is -2.23. The molecule has 1 aliphatic rings. The Morgan fingerprint density at radius 1 is 0.850 bits per heavy atom. The maximum atomic E-state index is 13.5. The first-order valence-electron chi connectivity index (χ1n) is 14.3. The van der Waals surface area contributed by atoms with Crippen molar-refractivity contribution >= 4 is 28.9 Å². The summed E-state index contributed by atoms with van der Waals surface area (Å²) in [5, 5.41) is 5.21. The van der Waals surface area contributed by atoms with Crippen molar-refractivity contribution < 1.29 is 4.79 Å². The number of guanidine groups is 1. The Labute approximate surface area is 240 Å². The van der Waals surface area contributed by atoms with E-state index in [-0.39, 0.29) is 12.5 Å². The van der Waals surface area contributed by atoms with Crippen LogP contribution in [0, 0.1) is 41.5 Å². The summed E-state index contributed by atoms with van der Waals surface area (Å²) in [7, 11) is 0. The Balaban J connectivity index is 1.68. The number of nitrogens with one attached hydrogen (secondary N) is 2. The third-order valence-electron chi connectivity index (χ3n) is 7.56. The maximum absolute atomic E-state index is 13.5. The van der Waals surface area contributed by atoms with E-state index in [0.29, 0.717) is 18.5 Å². The second-order valence-electron chi connectivity index (χ2n) is 12.0. The van der Waals surface area contributed by atoms with Gasteiger partial charge in [0.2, 0.25) is 11.9 Å². The smallest absolute Gasteiger partial charge is 0.240 e. The van der Waals surface area contributed by atoms with Gasteiger partial charge in [0.05, 0.1) is 24.6 Å². The van der Waals surface area contributed by atoms with Gasteiger partial charge in [-0.3, -0.25) is 15.1 Å². The highest BCUT2D eigenvalue weighted by atomic mass is 16.2. The normalized spacial score (nSPS) is 14.9. The van der Waals surface area contributed by atoms with Gasteiger partial charge in [-0.05, 0) is 86.8 Å². The van der Waals surface area contributed by atoms with Gasteiger partial charge in [0.1, 0.15) is 0 Å². The SMILES string of the molecule is Cc1cc(C)c(N=C2NN(CC(=O)Nc3c(C(C)C)cccc3C(C)C)CN2c2c(C)cc(C)cc2C)c(C)c1. The van der Waals surface area contributed by atoms with Gasteiger partial charge in [0.15, 0.2) is 0 Å². The zero-order valence-corrected chi connectivity index (χ0v) is 25.9. The Kier molecular flexibility index (Phi) is 8.69. The number of hydrazine groups is 1. The number of anilines is 2. The van der Waals surface area contributed by atoms with Crippen LogP contribution in [0.15, 0.2) is 47.5 Å². The van der Waals surface area contributed by atoms with Crippen LogP contribution in [0.25, 0.3) is 0 Å². The van der Waals surface area contributed by atoms with Crippen molar-refractivity contribution in [3.8, 4) is 0 Å². The molecule has 1 heterocycles. The van der Waals surface area contributed by atoms with Crippen molar-refractivity contribution in [2.45, 2.75) is 81.1 Å².